The Balaban J connectivity index is 2.44. The van der Waals surface area contributed by atoms with Gasteiger partial charge in [0.2, 0.25) is 0 Å². The summed E-state index contributed by atoms with van der Waals surface area (Å²) in [5.41, 5.74) is 5.06. The van der Waals surface area contributed by atoms with E-state index in [0.29, 0.717) is 18.3 Å². The van der Waals surface area contributed by atoms with E-state index < -0.39 is 17.6 Å². The summed E-state index contributed by atoms with van der Waals surface area (Å²) in [4.78, 5) is 6.83. The molecule has 1 heterocycles. The molecule has 1 aromatic carbocycles. The second-order valence-corrected chi connectivity index (χ2v) is 6.40. The maximum atomic E-state index is 13.6. The quantitative estimate of drug-likeness (QED) is 0.816. The van der Waals surface area contributed by atoms with E-state index in [9.17, 15) is 17.6 Å². The average Bonchev–Trinajstić information content (AvgIpc) is 2.78. The molecule has 8 heteroatoms. The van der Waals surface area contributed by atoms with Gasteiger partial charge in [-0.25, -0.2) is 9.37 Å². The minimum absolute atomic E-state index is 0.0881. The van der Waals surface area contributed by atoms with Crippen molar-refractivity contribution in [3.8, 4) is 11.3 Å². The lowest BCUT2D eigenvalue weighted by Gasteiger charge is -2.15. The van der Waals surface area contributed by atoms with Gasteiger partial charge >= 0.3 is 6.18 Å². The van der Waals surface area contributed by atoms with Crippen LogP contribution in [0.2, 0.25) is 0 Å². The van der Waals surface area contributed by atoms with Crippen molar-refractivity contribution < 1.29 is 17.6 Å². The van der Waals surface area contributed by atoms with Gasteiger partial charge in [-0.2, -0.15) is 13.2 Å². The zero-order chi connectivity index (χ0) is 17.2. The van der Waals surface area contributed by atoms with Crippen LogP contribution in [0, 0.1) is 5.82 Å². The number of anilines is 1. The third-order valence-electron chi connectivity index (χ3n) is 3.23. The Labute approximate surface area is 135 Å². The normalized spacial score (nSPS) is 12.1. The summed E-state index contributed by atoms with van der Waals surface area (Å²) in [5, 5.41) is 0.248. The molecule has 0 saturated heterocycles. The van der Waals surface area contributed by atoms with Crippen molar-refractivity contribution in [2.75, 3.05) is 19.3 Å². The molecule has 2 aromatic rings. The maximum absolute atomic E-state index is 13.6. The highest BCUT2D eigenvalue weighted by Crippen LogP contribution is 2.36. The first-order valence-corrected chi connectivity index (χ1v) is 7.84. The van der Waals surface area contributed by atoms with E-state index in [1.807, 2.05) is 18.9 Å². The number of aromatic nitrogens is 1. The molecule has 0 radical (unpaired) electrons. The molecular formula is C15H17F4N3S. The van der Waals surface area contributed by atoms with Gasteiger partial charge in [-0.1, -0.05) is 6.92 Å². The summed E-state index contributed by atoms with van der Waals surface area (Å²) in [6, 6.07) is 2.43. The van der Waals surface area contributed by atoms with Gasteiger partial charge in [0.05, 0.1) is 11.3 Å². The van der Waals surface area contributed by atoms with Gasteiger partial charge in [0.1, 0.15) is 5.82 Å². The van der Waals surface area contributed by atoms with Crippen LogP contribution in [-0.2, 0) is 12.7 Å². The summed E-state index contributed by atoms with van der Waals surface area (Å²) in [6.45, 7) is 3.35. The maximum Gasteiger partial charge on any atom is 0.416 e. The number of nitrogen functional groups attached to an aromatic ring is 1. The SMILES string of the molecule is CCCN(C)Cc1sc(N)nc1-c1cc(F)cc(C(F)(F)F)c1. The second kappa shape index (κ2) is 6.84. The third-order valence-corrected chi connectivity index (χ3v) is 4.10. The van der Waals surface area contributed by atoms with Crippen molar-refractivity contribution in [3.63, 3.8) is 0 Å². The van der Waals surface area contributed by atoms with Crippen LogP contribution >= 0.6 is 11.3 Å². The summed E-state index contributed by atoms with van der Waals surface area (Å²) < 4.78 is 52.2. The van der Waals surface area contributed by atoms with Crippen molar-refractivity contribution in [3.05, 3.63) is 34.5 Å². The molecule has 0 aliphatic heterocycles. The largest absolute Gasteiger partial charge is 0.416 e. The zero-order valence-electron chi connectivity index (χ0n) is 12.7. The van der Waals surface area contributed by atoms with E-state index in [1.54, 1.807) is 0 Å². The van der Waals surface area contributed by atoms with E-state index in [0.717, 1.165) is 30.0 Å². The Morgan fingerprint density at radius 3 is 2.57 bits per heavy atom. The van der Waals surface area contributed by atoms with Crippen LogP contribution < -0.4 is 5.73 Å². The van der Waals surface area contributed by atoms with Crippen molar-refractivity contribution in [1.29, 1.82) is 0 Å². The molecule has 0 fully saturated rings. The van der Waals surface area contributed by atoms with E-state index in [4.69, 9.17) is 5.73 Å². The van der Waals surface area contributed by atoms with Crippen LogP contribution in [0.1, 0.15) is 23.8 Å². The molecule has 23 heavy (non-hydrogen) atoms. The monoisotopic (exact) mass is 347 g/mol. The molecule has 126 valence electrons. The van der Waals surface area contributed by atoms with Gasteiger partial charge in [0.25, 0.3) is 0 Å². The van der Waals surface area contributed by atoms with Crippen molar-refractivity contribution in [1.82, 2.24) is 9.88 Å². The van der Waals surface area contributed by atoms with Crippen molar-refractivity contribution >= 4 is 16.5 Å². The summed E-state index contributed by atoms with van der Waals surface area (Å²) in [7, 11) is 1.90. The first-order valence-electron chi connectivity index (χ1n) is 7.02. The predicted molar refractivity (Wildman–Crippen MR) is 83.5 cm³/mol. The highest BCUT2D eigenvalue weighted by atomic mass is 32.1. The van der Waals surface area contributed by atoms with Gasteiger partial charge in [-0.15, -0.1) is 11.3 Å². The first kappa shape index (κ1) is 17.7. The Kier molecular flexibility index (Phi) is 5.26. The predicted octanol–water partition coefficient (Wildman–Crippen LogP) is 4.39. The highest BCUT2D eigenvalue weighted by Gasteiger charge is 2.32. The molecule has 0 saturated carbocycles. The highest BCUT2D eigenvalue weighted by molar-refractivity contribution is 7.15. The van der Waals surface area contributed by atoms with Gasteiger partial charge in [-0.05, 0) is 38.2 Å². The minimum atomic E-state index is -4.61. The number of hydrogen-bond donors (Lipinski definition) is 1. The van der Waals surface area contributed by atoms with Crippen LogP contribution in [-0.4, -0.2) is 23.5 Å². The lowest BCUT2D eigenvalue weighted by atomic mass is 10.1. The van der Waals surface area contributed by atoms with E-state index in [1.165, 1.54) is 11.3 Å². The number of benzene rings is 1. The van der Waals surface area contributed by atoms with Gasteiger partial charge in [0, 0.05) is 17.0 Å². The third kappa shape index (κ3) is 4.42. The molecule has 0 spiro atoms. The van der Waals surface area contributed by atoms with Crippen LogP contribution in [0.3, 0.4) is 0 Å². The summed E-state index contributed by atoms with van der Waals surface area (Å²) in [6.07, 6.45) is -3.67. The number of nitrogens with zero attached hydrogens (tertiary/aromatic N) is 2. The van der Waals surface area contributed by atoms with Gasteiger partial charge in [-0.3, -0.25) is 0 Å². The van der Waals surface area contributed by atoms with E-state index in [2.05, 4.69) is 4.98 Å². The summed E-state index contributed by atoms with van der Waals surface area (Å²) >= 11 is 1.20. The average molecular weight is 347 g/mol. The molecule has 0 atom stereocenters. The smallest absolute Gasteiger partial charge is 0.375 e. The van der Waals surface area contributed by atoms with Gasteiger partial charge in [0.15, 0.2) is 5.13 Å². The number of hydrogen-bond acceptors (Lipinski definition) is 4. The number of halogens is 4. The number of thiazole rings is 1. The van der Waals surface area contributed by atoms with Crippen molar-refractivity contribution in [2.45, 2.75) is 26.1 Å². The Hall–Kier alpha value is -1.67. The Morgan fingerprint density at radius 2 is 1.96 bits per heavy atom. The summed E-state index contributed by atoms with van der Waals surface area (Å²) in [5.74, 6) is -0.950. The molecule has 0 aliphatic carbocycles. The van der Waals surface area contributed by atoms with E-state index in [-0.39, 0.29) is 10.7 Å². The molecule has 0 aliphatic rings. The topological polar surface area (TPSA) is 42.1 Å². The molecule has 2 rings (SSSR count). The molecule has 0 bridgehead atoms. The Morgan fingerprint density at radius 1 is 1.26 bits per heavy atom. The zero-order valence-corrected chi connectivity index (χ0v) is 13.6. The molecule has 3 nitrogen and oxygen atoms in total. The fourth-order valence-electron chi connectivity index (χ4n) is 2.30. The lowest BCUT2D eigenvalue weighted by molar-refractivity contribution is -0.137. The standard InChI is InChI=1S/C15H17F4N3S/c1-3-4-22(2)8-12-13(21-14(20)23-12)9-5-10(15(17,18)19)7-11(16)6-9/h5-7H,3-4,8H2,1-2H3,(H2,20,21). The minimum Gasteiger partial charge on any atom is -0.375 e. The Bertz CT molecular complexity index is 682. The molecule has 2 N–H and O–H groups in total. The van der Waals surface area contributed by atoms with Crippen molar-refractivity contribution in [2.24, 2.45) is 0 Å². The molecule has 0 unspecified atom stereocenters. The fourth-order valence-corrected chi connectivity index (χ4v) is 3.23. The fraction of sp³-hybridized carbons (Fsp3) is 0.400. The molecular weight excluding hydrogens is 330 g/mol. The number of rotatable bonds is 5. The van der Waals surface area contributed by atoms with Crippen LogP contribution in [0.5, 0.6) is 0 Å². The number of nitrogens with two attached hydrogens (primary N) is 1. The van der Waals surface area contributed by atoms with E-state index >= 15 is 0 Å². The van der Waals surface area contributed by atoms with Gasteiger partial charge < -0.3 is 10.6 Å². The van der Waals surface area contributed by atoms with Crippen LogP contribution in [0.25, 0.3) is 11.3 Å². The van der Waals surface area contributed by atoms with Crippen LogP contribution in [0.15, 0.2) is 18.2 Å². The molecule has 1 aromatic heterocycles. The lowest BCUT2D eigenvalue weighted by Crippen LogP contribution is -2.18. The number of alkyl halides is 3. The molecule has 0 amide bonds. The van der Waals surface area contributed by atoms with Crippen LogP contribution in [0.4, 0.5) is 22.7 Å². The first-order chi connectivity index (χ1) is 10.7. The second-order valence-electron chi connectivity index (χ2n) is 5.29.